The summed E-state index contributed by atoms with van der Waals surface area (Å²) in [6.07, 6.45) is 10.4. The van der Waals surface area contributed by atoms with Gasteiger partial charge in [0.25, 0.3) is 10.1 Å². The van der Waals surface area contributed by atoms with Crippen molar-refractivity contribution < 1.29 is 55.8 Å². The number of nitrogens with one attached hydrogen (secondary N) is 3. The molecule has 5 N–H and O–H groups in total. The van der Waals surface area contributed by atoms with Gasteiger partial charge >= 0.3 is 6.09 Å². The number of benzene rings is 2. The summed E-state index contributed by atoms with van der Waals surface area (Å²) in [5.74, 6) is -0.218. The minimum atomic E-state index is -4.41. The third kappa shape index (κ3) is 14.6. The highest BCUT2D eigenvalue weighted by Crippen LogP contribution is 2.49. The minimum Gasteiger partial charge on any atom is -0.444 e. The van der Waals surface area contributed by atoms with E-state index in [1.54, 1.807) is 32.9 Å². The van der Waals surface area contributed by atoms with Crippen molar-refractivity contribution in [2.24, 2.45) is 0 Å². The van der Waals surface area contributed by atoms with E-state index in [2.05, 4.69) is 95.7 Å². The fraction of sp³-hybridized carbons (Fsp3) is 0.583. The molecule has 0 spiro atoms. The summed E-state index contributed by atoms with van der Waals surface area (Å²) in [5.41, 5.74) is 4.37. The van der Waals surface area contributed by atoms with Crippen LogP contribution in [-0.2, 0) is 44.6 Å². The lowest BCUT2D eigenvalue weighted by molar-refractivity contribution is -0.890. The van der Waals surface area contributed by atoms with Gasteiger partial charge in [-0.05, 0) is 103 Å². The number of nitrogens with zero attached hydrogens (tertiary/aromatic N) is 3. The maximum absolute atomic E-state index is 12.8. The molecule has 0 bridgehead atoms. The van der Waals surface area contributed by atoms with Crippen LogP contribution in [0.3, 0.4) is 0 Å². The Morgan fingerprint density at radius 2 is 1.61 bits per heavy atom. The van der Waals surface area contributed by atoms with E-state index in [0.717, 1.165) is 107 Å². The van der Waals surface area contributed by atoms with Gasteiger partial charge in [-0.25, -0.2) is 10.1 Å². The summed E-state index contributed by atoms with van der Waals surface area (Å²) in [5, 5.41) is 21.1. The molecular weight excluding hydrogens is 885 g/mol. The maximum atomic E-state index is 12.8. The molecule has 2 aromatic carbocycles. The monoisotopic (exact) mass is 958 g/mol. The zero-order chi connectivity index (χ0) is 49.1. The van der Waals surface area contributed by atoms with Gasteiger partial charge in [-0.15, -0.1) is 4.33 Å². The summed E-state index contributed by atoms with van der Waals surface area (Å²) in [6, 6.07) is 10.1. The predicted octanol–water partition coefficient (Wildman–Crippen LogP) is 7.95. The summed E-state index contributed by atoms with van der Waals surface area (Å²) >= 11 is 0.925. The van der Waals surface area contributed by atoms with Crippen LogP contribution in [0.4, 0.5) is 16.2 Å². The lowest BCUT2D eigenvalue weighted by Gasteiger charge is -2.30. The molecule has 18 heteroatoms. The SMILES string of the molecule is CCC(NC(=O)OC(C)(C)C)C(=O)NCCC[N+](C)(C)CCCNC(=O)CCCCC[N+]1=C(/C=C/C=C2/N(CC)c3ccc(SOOO)cc3C2(C)C)C(C)(C)c2cc(S(=O)(=O)O)ccc21. The number of ether oxygens (including phenoxy) is 1. The second-order valence-corrected chi connectivity index (χ2v) is 21.8. The van der Waals surface area contributed by atoms with E-state index in [0.29, 0.717) is 32.5 Å². The van der Waals surface area contributed by atoms with Crippen molar-refractivity contribution >= 4 is 57.2 Å². The Labute approximate surface area is 396 Å². The molecular formula is C48H74N6O10S2+2. The van der Waals surface area contributed by atoms with Crippen molar-refractivity contribution in [3.05, 3.63) is 71.5 Å². The van der Waals surface area contributed by atoms with E-state index in [-0.39, 0.29) is 22.1 Å². The van der Waals surface area contributed by atoms with E-state index in [9.17, 15) is 27.4 Å². The first-order chi connectivity index (χ1) is 30.9. The fourth-order valence-electron chi connectivity index (χ4n) is 8.70. The molecule has 1 unspecified atom stereocenters. The molecule has 0 fully saturated rings. The van der Waals surface area contributed by atoms with Gasteiger partial charge < -0.3 is 30.1 Å². The summed E-state index contributed by atoms with van der Waals surface area (Å²) in [7, 11) is -0.154. The Morgan fingerprint density at radius 1 is 0.924 bits per heavy atom. The standard InChI is InChI=1S/C48H72N6O10S2/c1-12-38(51-45(57)62-46(3,4)5)44(56)50-28-19-31-54(10,11)30-18-27-49-43(55)22-15-14-16-29-53-40-26-24-35(66(59,60)61)33-37(40)48(8,9)42(53)21-17-20-41-47(6,7)36-32-34(65-64-63-58)23-25-39(36)52(41)13-2/h17,20-21,23-26,32-33,38H,12-16,18-19,22,27-31H2,1-11H3,(H3-2,49,50,51,55,56,57,58,59,60,61)/p+2. The zero-order valence-electron chi connectivity index (χ0n) is 40.8. The number of carbonyl (C=O) groups is 3. The predicted molar refractivity (Wildman–Crippen MR) is 258 cm³/mol. The molecule has 2 heterocycles. The number of carbonyl (C=O) groups excluding carboxylic acids is 3. The molecule has 2 aromatic rings. The van der Waals surface area contributed by atoms with Gasteiger partial charge in [-0.3, -0.25) is 14.1 Å². The quantitative estimate of drug-likeness (QED) is 0.0130. The van der Waals surface area contributed by atoms with Gasteiger partial charge in [0.15, 0.2) is 5.71 Å². The highest BCUT2D eigenvalue weighted by atomic mass is 32.2. The molecule has 0 aromatic heterocycles. The van der Waals surface area contributed by atoms with E-state index in [1.807, 2.05) is 31.2 Å². The van der Waals surface area contributed by atoms with Crippen LogP contribution in [0.15, 0.2) is 70.1 Å². The Morgan fingerprint density at radius 3 is 2.23 bits per heavy atom. The van der Waals surface area contributed by atoms with Crippen molar-refractivity contribution in [3.63, 3.8) is 0 Å². The van der Waals surface area contributed by atoms with Crippen LogP contribution in [0.1, 0.15) is 118 Å². The van der Waals surface area contributed by atoms with E-state index in [1.165, 1.54) is 6.07 Å². The van der Waals surface area contributed by atoms with Crippen molar-refractivity contribution in [1.82, 2.24) is 16.0 Å². The largest absolute Gasteiger partial charge is 0.444 e. The summed E-state index contributed by atoms with van der Waals surface area (Å²) in [6.45, 7) is 21.9. The number of hydrogen-bond donors (Lipinski definition) is 5. The molecule has 4 rings (SSSR count). The van der Waals surface area contributed by atoms with Crippen molar-refractivity contribution in [3.8, 4) is 0 Å². The normalized spacial score (nSPS) is 16.7. The Kier molecular flexibility index (Phi) is 19.0. The summed E-state index contributed by atoms with van der Waals surface area (Å²) in [4.78, 5) is 40.5. The maximum Gasteiger partial charge on any atom is 0.408 e. The van der Waals surface area contributed by atoms with Gasteiger partial charge in [0.2, 0.25) is 17.5 Å². The van der Waals surface area contributed by atoms with Gasteiger partial charge in [-0.1, -0.05) is 31.9 Å². The molecule has 0 aliphatic carbocycles. The molecule has 0 saturated carbocycles. The van der Waals surface area contributed by atoms with Crippen molar-refractivity contribution in [2.75, 3.05) is 58.3 Å². The Bertz CT molecular complexity index is 2250. The zero-order valence-corrected chi connectivity index (χ0v) is 42.4. The van der Waals surface area contributed by atoms with Crippen LogP contribution in [0.25, 0.3) is 0 Å². The lowest BCUT2D eigenvalue weighted by Crippen LogP contribution is -2.48. The molecule has 366 valence electrons. The highest BCUT2D eigenvalue weighted by molar-refractivity contribution is 7.94. The van der Waals surface area contributed by atoms with Gasteiger partial charge in [-0.2, -0.15) is 13.0 Å². The number of amides is 3. The fourth-order valence-corrected chi connectivity index (χ4v) is 9.61. The number of hydrogen-bond acceptors (Lipinski definition) is 11. The Balaban J connectivity index is 1.31. The number of allylic oxidation sites excluding steroid dienone is 4. The van der Waals surface area contributed by atoms with Crippen LogP contribution < -0.4 is 20.9 Å². The molecule has 0 radical (unpaired) electrons. The first-order valence-corrected chi connectivity index (χ1v) is 25.1. The van der Waals surface area contributed by atoms with E-state index in [4.69, 9.17) is 9.99 Å². The van der Waals surface area contributed by atoms with Crippen LogP contribution in [0, 0.1) is 0 Å². The second kappa shape index (κ2) is 23.1. The van der Waals surface area contributed by atoms with Crippen LogP contribution >= 0.6 is 12.0 Å². The van der Waals surface area contributed by atoms with Crippen LogP contribution in [0.5, 0.6) is 0 Å². The number of anilines is 1. The van der Waals surface area contributed by atoms with E-state index < -0.39 is 33.3 Å². The molecule has 1 atom stereocenters. The Hall–Kier alpha value is -4.30. The number of quaternary nitrogens is 1. The summed E-state index contributed by atoms with van der Waals surface area (Å²) < 4.78 is 47.3. The minimum absolute atomic E-state index is 0.0164. The lowest BCUT2D eigenvalue weighted by atomic mass is 9.81. The van der Waals surface area contributed by atoms with Crippen LogP contribution in [0.2, 0.25) is 0 Å². The topological polar surface area (TPSA) is 196 Å². The third-order valence-electron chi connectivity index (χ3n) is 12.2. The van der Waals surface area contributed by atoms with Gasteiger partial charge in [0.05, 0.1) is 49.5 Å². The van der Waals surface area contributed by atoms with Gasteiger partial charge in [0.1, 0.15) is 18.2 Å². The number of alkyl carbamates (subject to hydrolysis) is 1. The average molecular weight is 959 g/mol. The number of rotatable bonds is 24. The van der Waals surface area contributed by atoms with Crippen molar-refractivity contribution in [2.45, 2.75) is 140 Å². The van der Waals surface area contributed by atoms with Gasteiger partial charge in [0, 0.05) is 84.7 Å². The van der Waals surface area contributed by atoms with Crippen LogP contribution in [-0.4, -0.2) is 116 Å². The second-order valence-electron chi connectivity index (χ2n) is 19.6. The molecule has 0 saturated heterocycles. The number of fused-ring (bicyclic) bond motifs is 2. The molecule has 2 aliphatic heterocycles. The number of unbranched alkanes of at least 4 members (excludes halogenated alkanes) is 2. The highest BCUT2D eigenvalue weighted by Gasteiger charge is 2.45. The van der Waals surface area contributed by atoms with E-state index >= 15 is 0 Å². The molecule has 66 heavy (non-hydrogen) atoms. The first-order valence-electron chi connectivity index (χ1n) is 22.9. The smallest absolute Gasteiger partial charge is 0.408 e. The number of likely N-dealkylation sites (N-methyl/N-ethyl adjacent to an activating group) is 1. The van der Waals surface area contributed by atoms with Crippen molar-refractivity contribution in [1.29, 1.82) is 0 Å². The molecule has 16 nitrogen and oxygen atoms in total. The third-order valence-corrected chi connectivity index (χ3v) is 13.6. The molecule has 3 amide bonds. The average Bonchev–Trinajstić information content (AvgIpc) is 3.58. The first kappa shape index (κ1) is 54.3. The molecule has 2 aliphatic rings.